The Morgan fingerprint density at radius 2 is 1.92 bits per heavy atom. The van der Waals surface area contributed by atoms with Crippen LogP contribution in [0.15, 0.2) is 23.8 Å². The smallest absolute Gasteiger partial charge is 0.430 e. The molecule has 0 bridgehead atoms. The molecule has 1 atom stereocenters. The zero-order chi connectivity index (χ0) is 18.1. The van der Waals surface area contributed by atoms with Gasteiger partial charge in [0.1, 0.15) is 5.75 Å². The van der Waals surface area contributed by atoms with Gasteiger partial charge in [0.15, 0.2) is 0 Å². The molecule has 1 aromatic rings. The summed E-state index contributed by atoms with van der Waals surface area (Å²) in [4.78, 5) is 11.9. The van der Waals surface area contributed by atoms with Crippen LogP contribution in [0, 0.1) is 0 Å². The standard InChI is InChI=1S/C18H21F3O3/c1-5-17(3,4)12-8-7-11-9-13(16(22)23-6-2)15(18(19,20)21)24-14(11)10-12/h7-10,15H,5-6H2,1-4H3. The second kappa shape index (κ2) is 6.49. The summed E-state index contributed by atoms with van der Waals surface area (Å²) in [5, 5.41) is 0. The van der Waals surface area contributed by atoms with Crippen molar-refractivity contribution in [2.75, 3.05) is 6.61 Å². The zero-order valence-corrected chi connectivity index (χ0v) is 14.2. The fourth-order valence-corrected chi connectivity index (χ4v) is 2.44. The van der Waals surface area contributed by atoms with Crippen molar-refractivity contribution in [2.24, 2.45) is 0 Å². The van der Waals surface area contributed by atoms with E-state index in [4.69, 9.17) is 9.47 Å². The maximum atomic E-state index is 13.3. The van der Waals surface area contributed by atoms with Crippen molar-refractivity contribution in [1.29, 1.82) is 0 Å². The number of ether oxygens (including phenoxy) is 2. The van der Waals surface area contributed by atoms with Crippen LogP contribution in [-0.2, 0) is 14.9 Å². The highest BCUT2D eigenvalue weighted by molar-refractivity contribution is 5.96. The van der Waals surface area contributed by atoms with Gasteiger partial charge in [0.2, 0.25) is 6.10 Å². The predicted octanol–water partition coefficient (Wildman–Crippen LogP) is 4.64. The number of alkyl halides is 3. The lowest BCUT2D eigenvalue weighted by Gasteiger charge is -2.30. The van der Waals surface area contributed by atoms with E-state index in [1.54, 1.807) is 12.1 Å². The van der Waals surface area contributed by atoms with Crippen molar-refractivity contribution in [2.45, 2.75) is 51.8 Å². The molecule has 0 N–H and O–H groups in total. The van der Waals surface area contributed by atoms with Crippen molar-refractivity contribution in [3.63, 3.8) is 0 Å². The SMILES string of the molecule is CCOC(=O)C1=Cc2ccc(C(C)(C)CC)cc2OC1C(F)(F)F. The molecule has 0 spiro atoms. The summed E-state index contributed by atoms with van der Waals surface area (Å²) in [6.45, 7) is 7.57. The molecule has 132 valence electrons. The third-order valence-electron chi connectivity index (χ3n) is 4.33. The van der Waals surface area contributed by atoms with Gasteiger partial charge in [0.25, 0.3) is 0 Å². The number of halogens is 3. The Labute approximate surface area is 139 Å². The molecule has 0 fully saturated rings. The number of rotatable bonds is 4. The molecule has 3 nitrogen and oxygen atoms in total. The summed E-state index contributed by atoms with van der Waals surface area (Å²) in [7, 11) is 0. The second-order valence-electron chi connectivity index (χ2n) is 6.35. The minimum absolute atomic E-state index is 0.00274. The maximum Gasteiger partial charge on any atom is 0.430 e. The lowest BCUT2D eigenvalue weighted by atomic mass is 9.81. The topological polar surface area (TPSA) is 35.5 Å². The van der Waals surface area contributed by atoms with Crippen molar-refractivity contribution >= 4 is 12.0 Å². The van der Waals surface area contributed by atoms with Crippen molar-refractivity contribution in [3.8, 4) is 5.75 Å². The summed E-state index contributed by atoms with van der Waals surface area (Å²) >= 11 is 0. The molecule has 1 aliphatic rings. The van der Waals surface area contributed by atoms with Crippen LogP contribution < -0.4 is 4.74 Å². The summed E-state index contributed by atoms with van der Waals surface area (Å²) in [6, 6.07) is 5.14. The van der Waals surface area contributed by atoms with Crippen LogP contribution in [0.25, 0.3) is 6.08 Å². The van der Waals surface area contributed by atoms with E-state index < -0.39 is 23.8 Å². The van der Waals surface area contributed by atoms with E-state index in [0.29, 0.717) is 5.56 Å². The van der Waals surface area contributed by atoms with Gasteiger partial charge in [-0.1, -0.05) is 32.9 Å². The minimum Gasteiger partial charge on any atom is -0.475 e. The third kappa shape index (κ3) is 3.57. The Bertz CT molecular complexity index is 660. The zero-order valence-electron chi connectivity index (χ0n) is 14.2. The van der Waals surface area contributed by atoms with Gasteiger partial charge >= 0.3 is 12.1 Å². The van der Waals surface area contributed by atoms with E-state index in [1.165, 1.54) is 13.0 Å². The number of carbonyl (C=O) groups is 1. The molecule has 1 unspecified atom stereocenters. The van der Waals surface area contributed by atoms with Crippen LogP contribution in [0.1, 0.15) is 45.2 Å². The third-order valence-corrected chi connectivity index (χ3v) is 4.33. The van der Waals surface area contributed by atoms with Gasteiger partial charge in [-0.3, -0.25) is 0 Å². The fourth-order valence-electron chi connectivity index (χ4n) is 2.44. The average Bonchev–Trinajstić information content (AvgIpc) is 2.52. The molecule has 0 aromatic heterocycles. The Morgan fingerprint density at radius 3 is 2.46 bits per heavy atom. The van der Waals surface area contributed by atoms with E-state index in [2.05, 4.69) is 0 Å². The van der Waals surface area contributed by atoms with Gasteiger partial charge < -0.3 is 9.47 Å². The Balaban J connectivity index is 2.50. The second-order valence-corrected chi connectivity index (χ2v) is 6.35. The van der Waals surface area contributed by atoms with Gasteiger partial charge in [-0.05, 0) is 36.5 Å². The molecule has 24 heavy (non-hydrogen) atoms. The van der Waals surface area contributed by atoms with Gasteiger partial charge in [0.05, 0.1) is 12.2 Å². The van der Waals surface area contributed by atoms with E-state index in [1.807, 2.05) is 26.8 Å². The first-order chi connectivity index (χ1) is 11.1. The summed E-state index contributed by atoms with van der Waals surface area (Å²) < 4.78 is 49.8. The number of esters is 1. The van der Waals surface area contributed by atoms with Gasteiger partial charge in [-0.2, -0.15) is 13.2 Å². The Hall–Kier alpha value is -1.98. The van der Waals surface area contributed by atoms with E-state index in [9.17, 15) is 18.0 Å². The predicted molar refractivity (Wildman–Crippen MR) is 84.8 cm³/mol. The first-order valence-electron chi connectivity index (χ1n) is 7.86. The highest BCUT2D eigenvalue weighted by atomic mass is 19.4. The Morgan fingerprint density at radius 1 is 1.25 bits per heavy atom. The number of carbonyl (C=O) groups excluding carboxylic acids is 1. The van der Waals surface area contributed by atoms with Crippen molar-refractivity contribution < 1.29 is 27.4 Å². The van der Waals surface area contributed by atoms with Gasteiger partial charge in [0, 0.05) is 5.56 Å². The van der Waals surface area contributed by atoms with Crippen LogP contribution in [0.2, 0.25) is 0 Å². The molecule has 1 aliphatic heterocycles. The van der Waals surface area contributed by atoms with Crippen LogP contribution in [-0.4, -0.2) is 24.9 Å². The summed E-state index contributed by atoms with van der Waals surface area (Å²) in [5.41, 5.74) is 0.614. The molecule has 0 aliphatic carbocycles. The van der Waals surface area contributed by atoms with Gasteiger partial charge in [-0.25, -0.2) is 4.79 Å². The van der Waals surface area contributed by atoms with Crippen LogP contribution in [0.3, 0.4) is 0 Å². The molecule has 0 radical (unpaired) electrons. The summed E-state index contributed by atoms with van der Waals surface area (Å²) in [6.07, 6.45) is -4.98. The molecule has 6 heteroatoms. The lowest BCUT2D eigenvalue weighted by Crippen LogP contribution is -2.40. The average molecular weight is 342 g/mol. The van der Waals surface area contributed by atoms with Crippen molar-refractivity contribution in [3.05, 3.63) is 34.9 Å². The quantitative estimate of drug-likeness (QED) is 0.748. The fraction of sp³-hybridized carbons (Fsp3) is 0.500. The summed E-state index contributed by atoms with van der Waals surface area (Å²) in [5.74, 6) is -0.882. The molecule has 0 saturated carbocycles. The van der Waals surface area contributed by atoms with Crippen LogP contribution in [0.4, 0.5) is 13.2 Å². The largest absolute Gasteiger partial charge is 0.475 e. The normalized spacial score (nSPS) is 17.6. The highest BCUT2D eigenvalue weighted by Crippen LogP contribution is 2.40. The first-order valence-corrected chi connectivity index (χ1v) is 7.86. The lowest BCUT2D eigenvalue weighted by molar-refractivity contribution is -0.187. The molecule has 1 aromatic carbocycles. The number of hydrogen-bond donors (Lipinski definition) is 0. The van der Waals surface area contributed by atoms with Crippen LogP contribution >= 0.6 is 0 Å². The molecular formula is C18H21F3O3. The molecular weight excluding hydrogens is 321 g/mol. The molecule has 1 heterocycles. The van der Waals surface area contributed by atoms with Gasteiger partial charge in [-0.15, -0.1) is 0 Å². The Kier molecular flexibility index (Phi) is 4.97. The van der Waals surface area contributed by atoms with E-state index >= 15 is 0 Å². The van der Waals surface area contributed by atoms with Crippen LogP contribution in [0.5, 0.6) is 5.75 Å². The van der Waals surface area contributed by atoms with E-state index in [-0.39, 0.29) is 17.8 Å². The van der Waals surface area contributed by atoms with E-state index in [0.717, 1.165) is 12.0 Å². The molecule has 0 amide bonds. The molecule has 0 saturated heterocycles. The number of fused-ring (bicyclic) bond motifs is 1. The molecule has 2 rings (SSSR count). The minimum atomic E-state index is -4.70. The monoisotopic (exact) mass is 342 g/mol. The number of hydrogen-bond acceptors (Lipinski definition) is 3. The first kappa shape index (κ1) is 18.4. The van der Waals surface area contributed by atoms with Crippen molar-refractivity contribution in [1.82, 2.24) is 0 Å². The highest BCUT2D eigenvalue weighted by Gasteiger charge is 2.48. The maximum absolute atomic E-state index is 13.3. The number of benzene rings is 1.